The second-order valence-electron chi connectivity index (χ2n) is 6.07. The van der Waals surface area contributed by atoms with Gasteiger partial charge in [0.2, 0.25) is 5.91 Å². The number of aromatic nitrogens is 2. The van der Waals surface area contributed by atoms with Crippen LogP contribution < -0.4 is 26.4 Å². The van der Waals surface area contributed by atoms with E-state index in [1.807, 2.05) is 36.4 Å². The molecular formula is C20H22N6O2. The maximum atomic E-state index is 11.1. The van der Waals surface area contributed by atoms with Crippen molar-refractivity contribution in [3.63, 3.8) is 0 Å². The van der Waals surface area contributed by atoms with E-state index in [4.69, 9.17) is 10.5 Å². The van der Waals surface area contributed by atoms with Crippen molar-refractivity contribution in [2.75, 3.05) is 28.8 Å². The van der Waals surface area contributed by atoms with E-state index < -0.39 is 0 Å². The van der Waals surface area contributed by atoms with Gasteiger partial charge in [-0.1, -0.05) is 12.1 Å². The highest BCUT2D eigenvalue weighted by Crippen LogP contribution is 2.26. The Balaban J connectivity index is 1.67. The van der Waals surface area contributed by atoms with Crippen LogP contribution in [0.5, 0.6) is 5.75 Å². The number of nitrogens with two attached hydrogens (primary N) is 1. The maximum Gasteiger partial charge on any atom is 0.221 e. The minimum absolute atomic E-state index is 0.117. The van der Waals surface area contributed by atoms with E-state index in [1.54, 1.807) is 19.2 Å². The van der Waals surface area contributed by atoms with Crippen LogP contribution in [0.25, 0.3) is 0 Å². The van der Waals surface area contributed by atoms with Crippen molar-refractivity contribution in [3.05, 3.63) is 60.4 Å². The molecular weight excluding hydrogens is 356 g/mol. The summed E-state index contributed by atoms with van der Waals surface area (Å²) in [6, 6.07) is 15.0. The maximum absolute atomic E-state index is 11.1. The summed E-state index contributed by atoms with van der Waals surface area (Å²) in [7, 11) is 1.64. The number of hydrogen-bond acceptors (Lipinski definition) is 7. The Morgan fingerprint density at radius 3 is 2.29 bits per heavy atom. The molecule has 28 heavy (non-hydrogen) atoms. The number of anilines is 5. The third-order valence-electron chi connectivity index (χ3n) is 3.97. The number of rotatable bonds is 7. The SMILES string of the molecule is COc1ccc(CNc2ncnc(Nc3ccc(NC(C)=O)cc3)c2N)cc1. The van der Waals surface area contributed by atoms with Crippen molar-refractivity contribution in [2.24, 2.45) is 0 Å². The monoisotopic (exact) mass is 378 g/mol. The summed E-state index contributed by atoms with van der Waals surface area (Å²) in [4.78, 5) is 19.5. The summed E-state index contributed by atoms with van der Waals surface area (Å²) in [6.45, 7) is 2.03. The topological polar surface area (TPSA) is 114 Å². The third-order valence-corrected chi connectivity index (χ3v) is 3.97. The van der Waals surface area contributed by atoms with Crippen LogP contribution in [0.15, 0.2) is 54.9 Å². The molecule has 8 nitrogen and oxygen atoms in total. The lowest BCUT2D eigenvalue weighted by Crippen LogP contribution is -2.08. The molecule has 1 heterocycles. The predicted molar refractivity (Wildman–Crippen MR) is 111 cm³/mol. The first kappa shape index (κ1) is 19.0. The zero-order valence-corrected chi connectivity index (χ0v) is 15.7. The van der Waals surface area contributed by atoms with E-state index in [9.17, 15) is 4.79 Å². The van der Waals surface area contributed by atoms with Crippen molar-refractivity contribution in [1.82, 2.24) is 9.97 Å². The molecule has 0 atom stereocenters. The molecule has 0 bridgehead atoms. The third kappa shape index (κ3) is 4.88. The second-order valence-corrected chi connectivity index (χ2v) is 6.07. The number of carbonyl (C=O) groups is 1. The lowest BCUT2D eigenvalue weighted by Gasteiger charge is -2.13. The largest absolute Gasteiger partial charge is 0.497 e. The number of benzene rings is 2. The number of carbonyl (C=O) groups excluding carboxylic acids is 1. The van der Waals surface area contributed by atoms with E-state index in [0.717, 1.165) is 22.7 Å². The zero-order chi connectivity index (χ0) is 19.9. The molecule has 0 saturated heterocycles. The van der Waals surface area contributed by atoms with E-state index in [0.29, 0.717) is 23.9 Å². The molecule has 0 radical (unpaired) electrons. The van der Waals surface area contributed by atoms with E-state index >= 15 is 0 Å². The Labute approximate surface area is 163 Å². The zero-order valence-electron chi connectivity index (χ0n) is 15.7. The molecule has 0 saturated carbocycles. The van der Waals surface area contributed by atoms with E-state index in [2.05, 4.69) is 25.9 Å². The molecule has 3 rings (SSSR count). The van der Waals surface area contributed by atoms with Crippen molar-refractivity contribution >= 4 is 34.6 Å². The molecule has 2 aromatic carbocycles. The standard InChI is InChI=1S/C20H22N6O2/c1-13(27)25-15-5-7-16(8-6-15)26-20-18(21)19(23-12-24-20)22-11-14-3-9-17(28-2)10-4-14/h3-10,12H,11,21H2,1-2H3,(H,25,27)(H2,22,23,24,26). The average molecular weight is 378 g/mol. The van der Waals surface area contributed by atoms with Gasteiger partial charge in [0.05, 0.1) is 7.11 Å². The van der Waals surface area contributed by atoms with Crippen molar-refractivity contribution < 1.29 is 9.53 Å². The van der Waals surface area contributed by atoms with Gasteiger partial charge in [-0.15, -0.1) is 0 Å². The van der Waals surface area contributed by atoms with Gasteiger partial charge in [-0.2, -0.15) is 0 Å². The number of nitrogen functional groups attached to an aromatic ring is 1. The average Bonchev–Trinajstić information content (AvgIpc) is 2.70. The van der Waals surface area contributed by atoms with Crippen LogP contribution in [-0.2, 0) is 11.3 Å². The first-order valence-electron chi connectivity index (χ1n) is 8.67. The summed E-state index contributed by atoms with van der Waals surface area (Å²) in [5.41, 5.74) is 9.21. The molecule has 144 valence electrons. The fourth-order valence-corrected chi connectivity index (χ4v) is 2.54. The minimum Gasteiger partial charge on any atom is -0.497 e. The lowest BCUT2D eigenvalue weighted by atomic mass is 10.2. The Morgan fingerprint density at radius 1 is 1.00 bits per heavy atom. The molecule has 0 unspecified atom stereocenters. The normalized spacial score (nSPS) is 10.2. The van der Waals surface area contributed by atoms with Crippen LogP contribution in [0, 0.1) is 0 Å². The smallest absolute Gasteiger partial charge is 0.221 e. The fourth-order valence-electron chi connectivity index (χ4n) is 2.54. The quantitative estimate of drug-likeness (QED) is 0.498. The Hall–Kier alpha value is -3.81. The van der Waals surface area contributed by atoms with Gasteiger partial charge in [-0.05, 0) is 42.0 Å². The van der Waals surface area contributed by atoms with Gasteiger partial charge in [0.15, 0.2) is 11.6 Å². The molecule has 1 amide bonds. The van der Waals surface area contributed by atoms with Crippen LogP contribution in [0.2, 0.25) is 0 Å². The van der Waals surface area contributed by atoms with Gasteiger partial charge in [-0.3, -0.25) is 4.79 Å². The number of methoxy groups -OCH3 is 1. The molecule has 5 N–H and O–H groups in total. The molecule has 0 aliphatic carbocycles. The minimum atomic E-state index is -0.117. The van der Waals surface area contributed by atoms with Gasteiger partial charge >= 0.3 is 0 Å². The van der Waals surface area contributed by atoms with Gasteiger partial charge in [0, 0.05) is 24.8 Å². The number of nitrogens with one attached hydrogen (secondary N) is 3. The summed E-state index contributed by atoms with van der Waals surface area (Å²) >= 11 is 0. The molecule has 0 fully saturated rings. The van der Waals surface area contributed by atoms with Crippen molar-refractivity contribution in [2.45, 2.75) is 13.5 Å². The first-order valence-corrected chi connectivity index (χ1v) is 8.67. The fraction of sp³-hybridized carbons (Fsp3) is 0.150. The highest BCUT2D eigenvalue weighted by Gasteiger charge is 2.08. The summed E-state index contributed by atoms with van der Waals surface area (Å²) in [5, 5.41) is 9.10. The van der Waals surface area contributed by atoms with Crippen LogP contribution in [0.4, 0.5) is 28.7 Å². The first-order chi connectivity index (χ1) is 13.5. The van der Waals surface area contributed by atoms with Crippen molar-refractivity contribution in [1.29, 1.82) is 0 Å². The van der Waals surface area contributed by atoms with Crippen molar-refractivity contribution in [3.8, 4) is 5.75 Å². The molecule has 0 spiro atoms. The molecule has 0 aliphatic heterocycles. The Morgan fingerprint density at radius 2 is 1.64 bits per heavy atom. The van der Waals surface area contributed by atoms with Crippen LogP contribution >= 0.6 is 0 Å². The Kier molecular flexibility index (Phi) is 5.91. The van der Waals surface area contributed by atoms with E-state index in [1.165, 1.54) is 13.3 Å². The van der Waals surface area contributed by atoms with Crippen LogP contribution in [0.1, 0.15) is 12.5 Å². The van der Waals surface area contributed by atoms with Gasteiger partial charge < -0.3 is 26.4 Å². The highest BCUT2D eigenvalue weighted by atomic mass is 16.5. The summed E-state index contributed by atoms with van der Waals surface area (Å²) in [6.07, 6.45) is 1.45. The molecule has 8 heteroatoms. The van der Waals surface area contributed by atoms with Gasteiger partial charge in [0.1, 0.15) is 17.8 Å². The summed E-state index contributed by atoms with van der Waals surface area (Å²) < 4.78 is 5.16. The molecule has 3 aromatic rings. The number of ether oxygens (including phenoxy) is 1. The number of amides is 1. The van der Waals surface area contributed by atoms with E-state index in [-0.39, 0.29) is 5.91 Å². The van der Waals surface area contributed by atoms with Crippen LogP contribution in [0.3, 0.4) is 0 Å². The second kappa shape index (κ2) is 8.72. The highest BCUT2D eigenvalue weighted by molar-refractivity contribution is 5.89. The summed E-state index contributed by atoms with van der Waals surface area (Å²) in [5.74, 6) is 1.73. The van der Waals surface area contributed by atoms with Gasteiger partial charge in [-0.25, -0.2) is 9.97 Å². The molecule has 1 aromatic heterocycles. The Bertz CT molecular complexity index is 942. The van der Waals surface area contributed by atoms with Crippen LogP contribution in [-0.4, -0.2) is 23.0 Å². The molecule has 0 aliphatic rings. The lowest BCUT2D eigenvalue weighted by molar-refractivity contribution is -0.114. The predicted octanol–water partition coefficient (Wildman–Crippen LogP) is 3.38. The number of hydrogen-bond donors (Lipinski definition) is 4. The van der Waals surface area contributed by atoms with Gasteiger partial charge in [0.25, 0.3) is 0 Å². The number of nitrogens with zero attached hydrogens (tertiary/aromatic N) is 2.